The predicted molar refractivity (Wildman–Crippen MR) is 89.6 cm³/mol. The molecule has 3 heteroatoms. The maximum Gasteiger partial charge on any atom is 0.0602 e. The quantitative estimate of drug-likeness (QED) is 0.918. The largest absolute Gasteiger partial charge is 0.300 e. The summed E-state index contributed by atoms with van der Waals surface area (Å²) in [4.78, 5) is 9.28. The molecule has 1 aliphatic heterocycles. The van der Waals surface area contributed by atoms with Crippen molar-refractivity contribution in [3.05, 3.63) is 59.2 Å². The molecule has 1 aliphatic rings. The molecule has 0 amide bonds. The molecule has 22 heavy (non-hydrogen) atoms. The number of rotatable bonds is 3. The van der Waals surface area contributed by atoms with Crippen LogP contribution >= 0.6 is 0 Å². The minimum Gasteiger partial charge on any atom is -0.300 e. The number of pyridine rings is 2. The van der Waals surface area contributed by atoms with Crippen LogP contribution in [0, 0.1) is 19.8 Å². The number of nitrogens with zero attached hydrogens (tertiary/aromatic N) is 2. The van der Waals surface area contributed by atoms with Crippen molar-refractivity contribution in [2.24, 2.45) is 5.92 Å². The predicted octanol–water partition coefficient (Wildman–Crippen LogP) is 4.29. The Morgan fingerprint density at radius 3 is 1.86 bits per heavy atom. The fourth-order valence-corrected chi connectivity index (χ4v) is 3.58. The van der Waals surface area contributed by atoms with Gasteiger partial charge in [0.05, 0.1) is 23.5 Å². The Morgan fingerprint density at radius 1 is 0.955 bits per heavy atom. The van der Waals surface area contributed by atoms with Gasteiger partial charge in [-0.15, -0.1) is 0 Å². The first kappa shape index (κ1) is 15.2. The van der Waals surface area contributed by atoms with E-state index in [2.05, 4.69) is 48.2 Å². The standard InChI is InChI=1S/C19H25N3/c1-4-15-11-16(18-13(2)7-5-9-20-18)22-17(12-15)19-14(3)8-6-10-21-19/h5-10,15-17,22H,4,11-12H2,1-3H3/t15?,16-,17+. The van der Waals surface area contributed by atoms with Crippen molar-refractivity contribution in [2.75, 3.05) is 0 Å². The highest BCUT2D eigenvalue weighted by Gasteiger charge is 2.31. The molecule has 3 rings (SSSR count). The summed E-state index contributed by atoms with van der Waals surface area (Å²) in [5.41, 5.74) is 4.93. The molecule has 1 unspecified atom stereocenters. The van der Waals surface area contributed by atoms with Crippen LogP contribution in [0.4, 0.5) is 0 Å². The van der Waals surface area contributed by atoms with Gasteiger partial charge in [-0.2, -0.15) is 0 Å². The first-order chi connectivity index (χ1) is 10.7. The molecule has 1 saturated heterocycles. The number of hydrogen-bond acceptors (Lipinski definition) is 3. The fraction of sp³-hybridized carbons (Fsp3) is 0.474. The van der Waals surface area contributed by atoms with Gasteiger partial charge in [0, 0.05) is 12.4 Å². The van der Waals surface area contributed by atoms with Gasteiger partial charge in [0.1, 0.15) is 0 Å². The van der Waals surface area contributed by atoms with Crippen LogP contribution < -0.4 is 5.32 Å². The second-order valence-corrected chi connectivity index (χ2v) is 6.43. The summed E-state index contributed by atoms with van der Waals surface area (Å²) in [6.07, 6.45) is 7.35. The van der Waals surface area contributed by atoms with Gasteiger partial charge >= 0.3 is 0 Å². The highest BCUT2D eigenvalue weighted by Crippen LogP contribution is 2.37. The highest BCUT2D eigenvalue weighted by atomic mass is 15.0. The highest BCUT2D eigenvalue weighted by molar-refractivity contribution is 5.25. The molecule has 0 aliphatic carbocycles. The SMILES string of the molecule is CCC1C[C@@H](c2ncccc2C)N[C@@H](c2ncccc2C)C1. The summed E-state index contributed by atoms with van der Waals surface area (Å²) in [6, 6.07) is 8.98. The number of hydrogen-bond donors (Lipinski definition) is 1. The summed E-state index contributed by atoms with van der Waals surface area (Å²) in [7, 11) is 0. The molecule has 2 aromatic rings. The Balaban J connectivity index is 1.90. The molecule has 116 valence electrons. The Hall–Kier alpha value is -1.74. The Labute approximate surface area is 133 Å². The summed E-state index contributed by atoms with van der Waals surface area (Å²) < 4.78 is 0. The first-order valence-corrected chi connectivity index (χ1v) is 8.28. The van der Waals surface area contributed by atoms with E-state index in [1.807, 2.05) is 24.5 Å². The Morgan fingerprint density at radius 2 is 1.45 bits per heavy atom. The topological polar surface area (TPSA) is 37.8 Å². The lowest BCUT2D eigenvalue weighted by Crippen LogP contribution is -2.36. The molecule has 0 spiro atoms. The third-order valence-electron chi connectivity index (χ3n) is 4.88. The maximum absolute atomic E-state index is 4.64. The third-order valence-corrected chi connectivity index (χ3v) is 4.88. The molecule has 3 atom stereocenters. The van der Waals surface area contributed by atoms with Crippen LogP contribution in [0.15, 0.2) is 36.7 Å². The lowest BCUT2D eigenvalue weighted by atomic mass is 9.82. The smallest absolute Gasteiger partial charge is 0.0602 e. The number of nitrogens with one attached hydrogen (secondary N) is 1. The van der Waals surface area contributed by atoms with E-state index in [1.165, 1.54) is 28.9 Å². The molecule has 0 radical (unpaired) electrons. The van der Waals surface area contributed by atoms with Gasteiger partial charge in [0.2, 0.25) is 0 Å². The van der Waals surface area contributed by atoms with Crippen molar-refractivity contribution in [3.63, 3.8) is 0 Å². The lowest BCUT2D eigenvalue weighted by molar-refractivity contribution is 0.233. The average molecular weight is 295 g/mol. The Kier molecular flexibility index (Phi) is 4.53. The van der Waals surface area contributed by atoms with Gasteiger partial charge in [-0.1, -0.05) is 25.5 Å². The molecule has 2 aromatic heterocycles. The summed E-state index contributed by atoms with van der Waals surface area (Å²) in [5.74, 6) is 0.721. The van der Waals surface area contributed by atoms with Crippen LogP contribution in [0.3, 0.4) is 0 Å². The van der Waals surface area contributed by atoms with Crippen LogP contribution in [0.1, 0.15) is 60.8 Å². The lowest BCUT2D eigenvalue weighted by Gasteiger charge is -2.36. The zero-order chi connectivity index (χ0) is 15.5. The van der Waals surface area contributed by atoms with Crippen LogP contribution in [0.25, 0.3) is 0 Å². The van der Waals surface area contributed by atoms with Gasteiger partial charge in [-0.05, 0) is 55.9 Å². The van der Waals surface area contributed by atoms with E-state index in [0.717, 1.165) is 18.8 Å². The maximum atomic E-state index is 4.64. The van der Waals surface area contributed by atoms with Gasteiger partial charge < -0.3 is 5.32 Å². The molecule has 0 saturated carbocycles. The van der Waals surface area contributed by atoms with E-state index in [1.54, 1.807) is 0 Å². The molecule has 3 nitrogen and oxygen atoms in total. The fourth-order valence-electron chi connectivity index (χ4n) is 3.58. The summed E-state index contributed by atoms with van der Waals surface area (Å²) >= 11 is 0. The second-order valence-electron chi connectivity index (χ2n) is 6.43. The van der Waals surface area contributed by atoms with Gasteiger partial charge in [-0.3, -0.25) is 9.97 Å². The normalized spacial score (nSPS) is 25.1. The summed E-state index contributed by atoms with van der Waals surface area (Å²) in [5, 5.41) is 3.81. The van der Waals surface area contributed by atoms with Crippen molar-refractivity contribution in [1.29, 1.82) is 0 Å². The van der Waals surface area contributed by atoms with Crippen molar-refractivity contribution < 1.29 is 0 Å². The van der Waals surface area contributed by atoms with E-state index >= 15 is 0 Å². The van der Waals surface area contributed by atoms with Gasteiger partial charge in [-0.25, -0.2) is 0 Å². The molecule has 1 fully saturated rings. The van der Waals surface area contributed by atoms with Crippen molar-refractivity contribution in [3.8, 4) is 0 Å². The molecule has 0 bridgehead atoms. The van der Waals surface area contributed by atoms with Crippen molar-refractivity contribution in [1.82, 2.24) is 15.3 Å². The number of piperidine rings is 1. The summed E-state index contributed by atoms with van der Waals surface area (Å²) in [6.45, 7) is 6.60. The molecule has 0 aromatic carbocycles. The van der Waals surface area contributed by atoms with Gasteiger partial charge in [0.25, 0.3) is 0 Å². The Bertz CT molecular complexity index is 585. The van der Waals surface area contributed by atoms with Crippen LogP contribution in [0.5, 0.6) is 0 Å². The molecular weight excluding hydrogens is 270 g/mol. The third kappa shape index (κ3) is 3.05. The molecule has 1 N–H and O–H groups in total. The van der Waals surface area contributed by atoms with E-state index in [0.29, 0.717) is 12.1 Å². The van der Waals surface area contributed by atoms with E-state index in [4.69, 9.17) is 0 Å². The first-order valence-electron chi connectivity index (χ1n) is 8.28. The van der Waals surface area contributed by atoms with Crippen LogP contribution in [-0.4, -0.2) is 9.97 Å². The average Bonchev–Trinajstić information content (AvgIpc) is 2.55. The van der Waals surface area contributed by atoms with E-state index in [-0.39, 0.29) is 0 Å². The van der Waals surface area contributed by atoms with Gasteiger partial charge in [0.15, 0.2) is 0 Å². The number of aryl methyl sites for hydroxylation is 2. The van der Waals surface area contributed by atoms with E-state index in [9.17, 15) is 0 Å². The molecule has 3 heterocycles. The number of aromatic nitrogens is 2. The van der Waals surface area contributed by atoms with E-state index < -0.39 is 0 Å². The minimum atomic E-state index is 0.325. The zero-order valence-electron chi connectivity index (χ0n) is 13.7. The van der Waals surface area contributed by atoms with Crippen molar-refractivity contribution >= 4 is 0 Å². The molecular formula is C19H25N3. The van der Waals surface area contributed by atoms with Crippen LogP contribution in [-0.2, 0) is 0 Å². The van der Waals surface area contributed by atoms with Crippen molar-refractivity contribution in [2.45, 2.75) is 52.1 Å². The van der Waals surface area contributed by atoms with Crippen LogP contribution in [0.2, 0.25) is 0 Å². The zero-order valence-corrected chi connectivity index (χ0v) is 13.7. The monoisotopic (exact) mass is 295 g/mol. The second kappa shape index (κ2) is 6.57. The minimum absolute atomic E-state index is 0.325.